The molecule has 0 unspecified atom stereocenters. The van der Waals surface area contributed by atoms with Gasteiger partial charge in [0.25, 0.3) is 0 Å². The highest BCUT2D eigenvalue weighted by atomic mass is 16.4. The van der Waals surface area contributed by atoms with Crippen LogP contribution in [0.1, 0.15) is 6.42 Å². The predicted molar refractivity (Wildman–Crippen MR) is 71.8 cm³/mol. The molecular formula is C14H16N2O3. The number of hydrogen-bond acceptors (Lipinski definition) is 2. The van der Waals surface area contributed by atoms with Gasteiger partial charge in [-0.2, -0.15) is 0 Å². The topological polar surface area (TPSA) is 62.5 Å². The molecule has 0 aliphatic carbocycles. The summed E-state index contributed by atoms with van der Waals surface area (Å²) in [6.45, 7) is 0.455. The predicted octanol–water partition coefficient (Wildman–Crippen LogP) is 1.57. The van der Waals surface area contributed by atoms with Crippen molar-refractivity contribution in [3.63, 3.8) is 0 Å². The molecule has 0 fully saturated rings. The molecular weight excluding hydrogens is 244 g/mol. The number of carbonyl (C=O) groups is 2. The van der Waals surface area contributed by atoms with Gasteiger partial charge in [-0.3, -0.25) is 9.59 Å². The molecule has 1 amide bonds. The van der Waals surface area contributed by atoms with E-state index in [0.29, 0.717) is 0 Å². The van der Waals surface area contributed by atoms with Crippen LogP contribution in [0.2, 0.25) is 0 Å². The molecule has 19 heavy (non-hydrogen) atoms. The minimum Gasteiger partial charge on any atom is -0.481 e. The summed E-state index contributed by atoms with van der Waals surface area (Å²) in [4.78, 5) is 23.9. The van der Waals surface area contributed by atoms with E-state index in [9.17, 15) is 9.59 Å². The zero-order chi connectivity index (χ0) is 13.8. The smallest absolute Gasteiger partial charge is 0.305 e. The van der Waals surface area contributed by atoms with Crippen molar-refractivity contribution in [2.24, 2.45) is 0 Å². The number of carboxylic acid groups (broad SMARTS) is 1. The summed E-state index contributed by atoms with van der Waals surface area (Å²) in [6.07, 6.45) is 1.84. The number of fused-ring (bicyclic) bond motifs is 1. The maximum absolute atomic E-state index is 12.0. The SMILES string of the molecule is CN(CCC(=O)O)C(=O)Cn1ccc2ccccc21. The van der Waals surface area contributed by atoms with Crippen LogP contribution in [-0.4, -0.2) is 40.0 Å². The second kappa shape index (κ2) is 5.56. The van der Waals surface area contributed by atoms with Crippen molar-refractivity contribution in [1.29, 1.82) is 0 Å². The van der Waals surface area contributed by atoms with Crippen molar-refractivity contribution >= 4 is 22.8 Å². The standard InChI is InChI=1S/C14H16N2O3/c1-15(8-7-14(18)19)13(17)10-16-9-6-11-4-2-3-5-12(11)16/h2-6,9H,7-8,10H2,1H3,(H,18,19). The number of hydrogen-bond donors (Lipinski definition) is 1. The second-order valence-corrected chi connectivity index (χ2v) is 4.46. The molecule has 0 aliphatic rings. The lowest BCUT2D eigenvalue weighted by Crippen LogP contribution is -2.31. The quantitative estimate of drug-likeness (QED) is 0.887. The molecule has 0 saturated heterocycles. The molecule has 5 nitrogen and oxygen atoms in total. The van der Waals surface area contributed by atoms with E-state index in [1.165, 1.54) is 4.90 Å². The molecule has 1 aromatic heterocycles. The van der Waals surface area contributed by atoms with E-state index in [1.807, 2.05) is 41.1 Å². The monoisotopic (exact) mass is 260 g/mol. The Morgan fingerprint density at radius 3 is 2.74 bits per heavy atom. The number of nitrogens with zero attached hydrogens (tertiary/aromatic N) is 2. The van der Waals surface area contributed by atoms with E-state index < -0.39 is 5.97 Å². The largest absolute Gasteiger partial charge is 0.481 e. The van der Waals surface area contributed by atoms with E-state index >= 15 is 0 Å². The van der Waals surface area contributed by atoms with Crippen LogP contribution < -0.4 is 0 Å². The summed E-state index contributed by atoms with van der Waals surface area (Å²) in [7, 11) is 1.62. The zero-order valence-corrected chi connectivity index (χ0v) is 10.7. The number of carbonyl (C=O) groups excluding carboxylic acids is 1. The zero-order valence-electron chi connectivity index (χ0n) is 10.7. The lowest BCUT2D eigenvalue weighted by atomic mass is 10.2. The highest BCUT2D eigenvalue weighted by Crippen LogP contribution is 2.15. The van der Waals surface area contributed by atoms with Crippen LogP contribution in [-0.2, 0) is 16.1 Å². The maximum Gasteiger partial charge on any atom is 0.305 e. The average molecular weight is 260 g/mol. The molecule has 1 N–H and O–H groups in total. The molecule has 2 aromatic rings. The Balaban J connectivity index is 2.04. The van der Waals surface area contributed by atoms with E-state index in [2.05, 4.69) is 0 Å². The maximum atomic E-state index is 12.0. The Kier molecular flexibility index (Phi) is 3.85. The van der Waals surface area contributed by atoms with Gasteiger partial charge in [-0.15, -0.1) is 0 Å². The number of amides is 1. The second-order valence-electron chi connectivity index (χ2n) is 4.46. The molecule has 0 atom stereocenters. The Morgan fingerprint density at radius 2 is 2.00 bits per heavy atom. The van der Waals surface area contributed by atoms with Crippen molar-refractivity contribution in [3.05, 3.63) is 36.5 Å². The lowest BCUT2D eigenvalue weighted by Gasteiger charge is -2.16. The van der Waals surface area contributed by atoms with Crippen LogP contribution in [0.5, 0.6) is 0 Å². The van der Waals surface area contributed by atoms with E-state index in [-0.39, 0.29) is 25.4 Å². The van der Waals surface area contributed by atoms with Gasteiger partial charge in [0.1, 0.15) is 6.54 Å². The van der Waals surface area contributed by atoms with Gasteiger partial charge in [0.05, 0.1) is 6.42 Å². The Bertz CT molecular complexity index is 604. The minimum atomic E-state index is -0.897. The number of para-hydroxylation sites is 1. The summed E-state index contributed by atoms with van der Waals surface area (Å²) in [5.41, 5.74) is 1.00. The summed E-state index contributed by atoms with van der Waals surface area (Å²) < 4.78 is 1.87. The Labute approximate surface area is 111 Å². The number of likely N-dealkylation sites (N-methyl/N-ethyl adjacent to an activating group) is 1. The number of carboxylic acids is 1. The molecule has 0 radical (unpaired) electrons. The molecule has 100 valence electrons. The van der Waals surface area contributed by atoms with Gasteiger partial charge in [0.15, 0.2) is 0 Å². The van der Waals surface area contributed by atoms with Crippen LogP contribution in [0.25, 0.3) is 10.9 Å². The van der Waals surface area contributed by atoms with Gasteiger partial charge in [0, 0.05) is 25.3 Å². The number of benzene rings is 1. The fourth-order valence-electron chi connectivity index (χ4n) is 1.93. The Morgan fingerprint density at radius 1 is 1.26 bits per heavy atom. The van der Waals surface area contributed by atoms with Gasteiger partial charge < -0.3 is 14.6 Å². The van der Waals surface area contributed by atoms with Gasteiger partial charge in [-0.25, -0.2) is 0 Å². The van der Waals surface area contributed by atoms with Gasteiger partial charge in [0.2, 0.25) is 5.91 Å². The normalized spacial score (nSPS) is 10.6. The van der Waals surface area contributed by atoms with E-state index in [1.54, 1.807) is 7.05 Å². The van der Waals surface area contributed by atoms with Gasteiger partial charge >= 0.3 is 5.97 Å². The van der Waals surface area contributed by atoms with E-state index in [4.69, 9.17) is 5.11 Å². The van der Waals surface area contributed by atoms with E-state index in [0.717, 1.165) is 10.9 Å². The third-order valence-electron chi connectivity index (χ3n) is 3.07. The lowest BCUT2D eigenvalue weighted by molar-refractivity contribution is -0.138. The molecule has 0 aliphatic heterocycles. The summed E-state index contributed by atoms with van der Waals surface area (Å²) in [6, 6.07) is 9.79. The first-order chi connectivity index (χ1) is 9.08. The van der Waals surface area contributed by atoms with Crippen LogP contribution in [0.4, 0.5) is 0 Å². The number of aliphatic carboxylic acids is 1. The summed E-state index contributed by atoms with van der Waals surface area (Å²) >= 11 is 0. The minimum absolute atomic E-state index is 0.0331. The molecule has 0 saturated carbocycles. The van der Waals surface area contributed by atoms with Crippen LogP contribution in [0, 0.1) is 0 Å². The highest BCUT2D eigenvalue weighted by Gasteiger charge is 2.11. The van der Waals surface area contributed by atoms with Gasteiger partial charge in [-0.1, -0.05) is 18.2 Å². The highest BCUT2D eigenvalue weighted by molar-refractivity contribution is 5.83. The molecule has 2 rings (SSSR count). The molecule has 0 bridgehead atoms. The van der Waals surface area contributed by atoms with Crippen molar-refractivity contribution in [2.75, 3.05) is 13.6 Å². The molecule has 0 spiro atoms. The van der Waals surface area contributed by atoms with Crippen LogP contribution in [0.15, 0.2) is 36.5 Å². The third-order valence-corrected chi connectivity index (χ3v) is 3.07. The summed E-state index contributed by atoms with van der Waals surface area (Å²) in [5.74, 6) is -0.992. The number of rotatable bonds is 5. The van der Waals surface area contributed by atoms with Crippen molar-refractivity contribution in [2.45, 2.75) is 13.0 Å². The summed E-state index contributed by atoms with van der Waals surface area (Å²) in [5, 5.41) is 9.69. The molecule has 1 heterocycles. The first kappa shape index (κ1) is 13.1. The number of aromatic nitrogens is 1. The van der Waals surface area contributed by atoms with Crippen LogP contribution >= 0.6 is 0 Å². The van der Waals surface area contributed by atoms with Crippen LogP contribution in [0.3, 0.4) is 0 Å². The van der Waals surface area contributed by atoms with Crippen molar-refractivity contribution < 1.29 is 14.7 Å². The van der Waals surface area contributed by atoms with Crippen molar-refractivity contribution in [1.82, 2.24) is 9.47 Å². The first-order valence-corrected chi connectivity index (χ1v) is 6.07. The average Bonchev–Trinajstić information content (AvgIpc) is 2.79. The fourth-order valence-corrected chi connectivity index (χ4v) is 1.93. The Hall–Kier alpha value is -2.30. The fraction of sp³-hybridized carbons (Fsp3) is 0.286. The molecule has 1 aromatic carbocycles. The third kappa shape index (κ3) is 3.13. The molecule has 5 heteroatoms. The van der Waals surface area contributed by atoms with Gasteiger partial charge in [-0.05, 0) is 17.5 Å². The first-order valence-electron chi connectivity index (χ1n) is 6.07. The van der Waals surface area contributed by atoms with Crippen molar-refractivity contribution in [3.8, 4) is 0 Å².